The molecule has 0 bridgehead atoms. The molecule has 6 heteroatoms. The van der Waals surface area contributed by atoms with Crippen molar-refractivity contribution in [2.45, 2.75) is 46.2 Å². The van der Waals surface area contributed by atoms with E-state index in [0.29, 0.717) is 12.5 Å². The van der Waals surface area contributed by atoms with E-state index in [1.54, 1.807) is 6.07 Å². The third kappa shape index (κ3) is 6.25. The lowest BCUT2D eigenvalue weighted by Gasteiger charge is -2.17. The van der Waals surface area contributed by atoms with Gasteiger partial charge in [-0.1, -0.05) is 26.3 Å². The minimum Gasteiger partial charge on any atom is -0.477 e. The number of carbonyl (C=O) groups is 2. The summed E-state index contributed by atoms with van der Waals surface area (Å²) in [5, 5.41) is 14.4. The zero-order valence-electron chi connectivity index (χ0n) is 12.7. The summed E-state index contributed by atoms with van der Waals surface area (Å²) in [5.41, 5.74) is 0.745. The Morgan fingerprint density at radius 2 is 2.05 bits per heavy atom. The predicted molar refractivity (Wildman–Crippen MR) is 80.1 cm³/mol. The zero-order valence-corrected chi connectivity index (χ0v) is 12.7. The van der Waals surface area contributed by atoms with Crippen LogP contribution in [0, 0.1) is 5.92 Å². The van der Waals surface area contributed by atoms with E-state index in [2.05, 4.69) is 29.5 Å². The van der Waals surface area contributed by atoms with Gasteiger partial charge in [0, 0.05) is 18.8 Å². The van der Waals surface area contributed by atoms with Crippen LogP contribution in [0.5, 0.6) is 0 Å². The fraction of sp³-hybridized carbons (Fsp3) is 0.533. The van der Waals surface area contributed by atoms with Crippen molar-refractivity contribution in [3.63, 3.8) is 0 Å². The molecule has 1 aromatic rings. The number of carboxylic acid groups (broad SMARTS) is 1. The van der Waals surface area contributed by atoms with Crippen LogP contribution in [0.15, 0.2) is 18.3 Å². The molecule has 1 heterocycles. The summed E-state index contributed by atoms with van der Waals surface area (Å²) in [6, 6.07) is 2.95. The van der Waals surface area contributed by atoms with Gasteiger partial charge in [0.15, 0.2) is 0 Å². The molecule has 6 nitrogen and oxygen atoms in total. The van der Waals surface area contributed by atoms with Crippen molar-refractivity contribution in [3.8, 4) is 0 Å². The van der Waals surface area contributed by atoms with E-state index in [4.69, 9.17) is 5.11 Å². The van der Waals surface area contributed by atoms with Crippen LogP contribution in [0.25, 0.3) is 0 Å². The molecule has 0 spiro atoms. The van der Waals surface area contributed by atoms with E-state index in [1.807, 2.05) is 6.92 Å². The number of aromatic carboxylic acids is 1. The van der Waals surface area contributed by atoms with Gasteiger partial charge in [0.2, 0.25) is 0 Å². The van der Waals surface area contributed by atoms with Crippen molar-refractivity contribution < 1.29 is 14.7 Å². The minimum atomic E-state index is -1.06. The number of pyridine rings is 1. The molecular formula is C15H23N3O3. The predicted octanol–water partition coefficient (Wildman–Crippen LogP) is 2.40. The van der Waals surface area contributed by atoms with Crippen molar-refractivity contribution in [2.75, 3.05) is 0 Å². The molecule has 0 aliphatic heterocycles. The summed E-state index contributed by atoms with van der Waals surface area (Å²) in [4.78, 5) is 26.2. The molecule has 0 aromatic carbocycles. The second kappa shape index (κ2) is 8.24. The Morgan fingerprint density at radius 1 is 1.33 bits per heavy atom. The molecular weight excluding hydrogens is 270 g/mol. The van der Waals surface area contributed by atoms with Gasteiger partial charge in [-0.2, -0.15) is 0 Å². The Morgan fingerprint density at radius 3 is 2.57 bits per heavy atom. The molecule has 116 valence electrons. The maximum atomic E-state index is 11.7. The van der Waals surface area contributed by atoms with Crippen LogP contribution in [-0.4, -0.2) is 28.1 Å². The molecule has 1 rings (SSSR count). The molecule has 1 aromatic heterocycles. The Bertz CT molecular complexity index is 474. The summed E-state index contributed by atoms with van der Waals surface area (Å²) in [5.74, 6) is -0.487. The average molecular weight is 293 g/mol. The molecule has 2 unspecified atom stereocenters. The maximum Gasteiger partial charge on any atom is 0.354 e. The largest absolute Gasteiger partial charge is 0.477 e. The normalized spacial score (nSPS) is 13.3. The molecule has 0 saturated carbocycles. The smallest absolute Gasteiger partial charge is 0.354 e. The van der Waals surface area contributed by atoms with E-state index in [-0.39, 0.29) is 17.8 Å². The Balaban J connectivity index is 2.37. The van der Waals surface area contributed by atoms with Gasteiger partial charge in [-0.15, -0.1) is 0 Å². The van der Waals surface area contributed by atoms with Gasteiger partial charge in [0.05, 0.1) is 0 Å². The minimum absolute atomic E-state index is 0.00891. The van der Waals surface area contributed by atoms with Crippen molar-refractivity contribution in [2.24, 2.45) is 5.92 Å². The van der Waals surface area contributed by atoms with Gasteiger partial charge in [-0.05, 0) is 30.9 Å². The standard InChI is InChI=1S/C15H23N3O3/c1-4-10(2)7-11(3)18-15(21)17-9-12-5-6-13(14(19)20)16-8-12/h5-6,8,10-11H,4,7,9H2,1-3H3,(H,19,20)(H2,17,18,21). The number of hydrogen-bond donors (Lipinski definition) is 3. The third-order valence-corrected chi connectivity index (χ3v) is 3.33. The van der Waals surface area contributed by atoms with Crippen LogP contribution in [0.4, 0.5) is 4.79 Å². The second-order valence-corrected chi connectivity index (χ2v) is 5.33. The summed E-state index contributed by atoms with van der Waals surface area (Å²) >= 11 is 0. The maximum absolute atomic E-state index is 11.7. The summed E-state index contributed by atoms with van der Waals surface area (Å²) in [6.45, 7) is 6.58. The van der Waals surface area contributed by atoms with Crippen molar-refractivity contribution in [1.82, 2.24) is 15.6 Å². The summed E-state index contributed by atoms with van der Waals surface area (Å²) < 4.78 is 0. The number of nitrogens with zero attached hydrogens (tertiary/aromatic N) is 1. The number of carbonyl (C=O) groups excluding carboxylic acids is 1. The first kappa shape index (κ1) is 16.9. The number of hydrogen-bond acceptors (Lipinski definition) is 3. The molecule has 0 aliphatic rings. The lowest BCUT2D eigenvalue weighted by atomic mass is 10.0. The lowest BCUT2D eigenvalue weighted by Crippen LogP contribution is -2.41. The van der Waals surface area contributed by atoms with E-state index < -0.39 is 5.97 Å². The van der Waals surface area contributed by atoms with Crippen LogP contribution in [-0.2, 0) is 6.54 Å². The van der Waals surface area contributed by atoms with Crippen LogP contribution in [0.3, 0.4) is 0 Å². The first-order valence-corrected chi connectivity index (χ1v) is 7.15. The first-order chi connectivity index (χ1) is 9.92. The van der Waals surface area contributed by atoms with Crippen LogP contribution < -0.4 is 10.6 Å². The van der Waals surface area contributed by atoms with Crippen molar-refractivity contribution >= 4 is 12.0 Å². The molecule has 0 aliphatic carbocycles. The number of carboxylic acids is 1. The zero-order chi connectivity index (χ0) is 15.8. The number of urea groups is 1. The summed E-state index contributed by atoms with van der Waals surface area (Å²) in [7, 11) is 0. The number of aromatic nitrogens is 1. The monoisotopic (exact) mass is 293 g/mol. The molecule has 0 radical (unpaired) electrons. The van der Waals surface area contributed by atoms with Crippen molar-refractivity contribution in [1.29, 1.82) is 0 Å². The first-order valence-electron chi connectivity index (χ1n) is 7.15. The quantitative estimate of drug-likeness (QED) is 0.720. The number of nitrogens with one attached hydrogen (secondary N) is 2. The molecule has 2 amide bonds. The number of amides is 2. The van der Waals surface area contributed by atoms with Gasteiger partial charge < -0.3 is 15.7 Å². The molecule has 3 N–H and O–H groups in total. The molecule has 0 fully saturated rings. The Kier molecular flexibility index (Phi) is 6.65. The lowest BCUT2D eigenvalue weighted by molar-refractivity contribution is 0.0690. The van der Waals surface area contributed by atoms with E-state index in [1.165, 1.54) is 12.3 Å². The van der Waals surface area contributed by atoms with Crippen LogP contribution >= 0.6 is 0 Å². The van der Waals surface area contributed by atoms with Gasteiger partial charge in [0.1, 0.15) is 5.69 Å². The highest BCUT2D eigenvalue weighted by Gasteiger charge is 2.10. The topological polar surface area (TPSA) is 91.3 Å². The molecule has 0 saturated heterocycles. The fourth-order valence-electron chi connectivity index (χ4n) is 1.94. The molecule has 2 atom stereocenters. The highest BCUT2D eigenvalue weighted by Crippen LogP contribution is 2.09. The van der Waals surface area contributed by atoms with Crippen molar-refractivity contribution in [3.05, 3.63) is 29.6 Å². The van der Waals surface area contributed by atoms with Gasteiger partial charge >= 0.3 is 12.0 Å². The fourth-order valence-corrected chi connectivity index (χ4v) is 1.94. The van der Waals surface area contributed by atoms with E-state index >= 15 is 0 Å². The molecule has 21 heavy (non-hydrogen) atoms. The van der Waals surface area contributed by atoms with Crippen LogP contribution in [0.2, 0.25) is 0 Å². The van der Waals surface area contributed by atoms with E-state index in [9.17, 15) is 9.59 Å². The van der Waals surface area contributed by atoms with Gasteiger partial charge in [0.25, 0.3) is 0 Å². The second-order valence-electron chi connectivity index (χ2n) is 5.33. The van der Waals surface area contributed by atoms with Gasteiger partial charge in [-0.3, -0.25) is 0 Å². The average Bonchev–Trinajstić information content (AvgIpc) is 2.45. The number of rotatable bonds is 7. The Hall–Kier alpha value is -2.11. The third-order valence-electron chi connectivity index (χ3n) is 3.33. The SMILES string of the molecule is CCC(C)CC(C)NC(=O)NCc1ccc(C(=O)O)nc1. The van der Waals surface area contributed by atoms with Gasteiger partial charge in [-0.25, -0.2) is 14.6 Å². The summed E-state index contributed by atoms with van der Waals surface area (Å²) in [6.07, 6.45) is 3.49. The highest BCUT2D eigenvalue weighted by molar-refractivity contribution is 5.85. The van der Waals surface area contributed by atoms with Crippen LogP contribution in [0.1, 0.15) is 49.7 Å². The Labute approximate surface area is 125 Å². The van der Waals surface area contributed by atoms with E-state index in [0.717, 1.165) is 18.4 Å². The highest BCUT2D eigenvalue weighted by atomic mass is 16.4.